The predicted molar refractivity (Wildman–Crippen MR) is 93.7 cm³/mol. The second-order valence-electron chi connectivity index (χ2n) is 6.36. The molecule has 0 spiro atoms. The molecule has 1 aliphatic heterocycles. The van der Waals surface area contributed by atoms with Crippen molar-refractivity contribution >= 4 is 11.6 Å². The molecule has 3 rings (SSSR count). The second kappa shape index (κ2) is 6.55. The van der Waals surface area contributed by atoms with Crippen molar-refractivity contribution in [3.8, 4) is 23.0 Å². The van der Waals surface area contributed by atoms with Crippen LogP contribution in [0.4, 0.5) is 0 Å². The Hall–Kier alpha value is -3.28. The number of hydrogen-bond acceptors (Lipinski definition) is 6. The smallest absolute Gasteiger partial charge is 0.248 e. The summed E-state index contributed by atoms with van der Waals surface area (Å²) in [5.74, 6) is -2.39. The number of rotatable bonds is 3. The lowest BCUT2D eigenvalue weighted by Gasteiger charge is -2.26. The average Bonchev–Trinajstić information content (AvgIpc) is 2.58. The number of carbonyl (C=O) groups is 2. The molecule has 0 aromatic heterocycles. The predicted octanol–water partition coefficient (Wildman–Crippen LogP) is 3.20. The van der Waals surface area contributed by atoms with Gasteiger partial charge in [0.15, 0.2) is 6.10 Å². The van der Waals surface area contributed by atoms with Crippen LogP contribution >= 0.6 is 0 Å². The number of phenols is 3. The van der Waals surface area contributed by atoms with Gasteiger partial charge < -0.3 is 20.1 Å². The SMILES string of the molecule is CC(C)=CCc1c(O)cc2c(c1O)C(=O)C(=O)C(c1ccc(O)cc1)O2. The summed E-state index contributed by atoms with van der Waals surface area (Å²) >= 11 is 0. The van der Waals surface area contributed by atoms with E-state index in [1.165, 1.54) is 30.3 Å². The summed E-state index contributed by atoms with van der Waals surface area (Å²) in [6, 6.07) is 6.94. The first-order valence-electron chi connectivity index (χ1n) is 8.05. The zero-order valence-electron chi connectivity index (χ0n) is 14.3. The van der Waals surface area contributed by atoms with Crippen LogP contribution in [0.15, 0.2) is 42.0 Å². The molecule has 0 aliphatic carbocycles. The highest BCUT2D eigenvalue weighted by atomic mass is 16.5. The third kappa shape index (κ3) is 3.01. The lowest BCUT2D eigenvalue weighted by molar-refractivity contribution is -0.122. The lowest BCUT2D eigenvalue weighted by Crippen LogP contribution is -2.32. The lowest BCUT2D eigenvalue weighted by atomic mass is 9.92. The molecular weight excluding hydrogens is 336 g/mol. The van der Waals surface area contributed by atoms with Crippen molar-refractivity contribution in [1.82, 2.24) is 0 Å². The molecule has 1 aliphatic rings. The van der Waals surface area contributed by atoms with Crippen molar-refractivity contribution in [3.05, 3.63) is 58.7 Å². The zero-order valence-corrected chi connectivity index (χ0v) is 14.3. The summed E-state index contributed by atoms with van der Waals surface area (Å²) in [4.78, 5) is 25.0. The maximum Gasteiger partial charge on any atom is 0.248 e. The summed E-state index contributed by atoms with van der Waals surface area (Å²) in [5, 5.41) is 30.0. The van der Waals surface area contributed by atoms with E-state index in [9.17, 15) is 24.9 Å². The van der Waals surface area contributed by atoms with E-state index in [-0.39, 0.29) is 34.8 Å². The normalized spacial score (nSPS) is 16.0. The maximum absolute atomic E-state index is 12.6. The highest BCUT2D eigenvalue weighted by Crippen LogP contribution is 2.43. The Bertz CT molecular complexity index is 920. The topological polar surface area (TPSA) is 104 Å². The second-order valence-corrected chi connectivity index (χ2v) is 6.36. The maximum atomic E-state index is 12.6. The van der Waals surface area contributed by atoms with Gasteiger partial charge in [0, 0.05) is 17.2 Å². The fourth-order valence-corrected chi connectivity index (χ4v) is 2.78. The van der Waals surface area contributed by atoms with Crippen LogP contribution in [0, 0.1) is 0 Å². The van der Waals surface area contributed by atoms with Gasteiger partial charge in [-0.3, -0.25) is 9.59 Å². The van der Waals surface area contributed by atoms with E-state index < -0.39 is 23.4 Å². The first-order chi connectivity index (χ1) is 12.3. The van der Waals surface area contributed by atoms with Crippen molar-refractivity contribution in [2.75, 3.05) is 0 Å². The average molecular weight is 354 g/mol. The number of phenolic OH excluding ortho intramolecular Hbond substituents is 3. The molecule has 0 saturated heterocycles. The van der Waals surface area contributed by atoms with E-state index in [0.717, 1.165) is 5.57 Å². The van der Waals surface area contributed by atoms with Gasteiger partial charge in [-0.05, 0) is 32.4 Å². The van der Waals surface area contributed by atoms with Crippen molar-refractivity contribution in [2.45, 2.75) is 26.4 Å². The van der Waals surface area contributed by atoms with Gasteiger partial charge in [-0.2, -0.15) is 0 Å². The van der Waals surface area contributed by atoms with Gasteiger partial charge in [-0.1, -0.05) is 23.8 Å². The number of ketones is 2. The van der Waals surface area contributed by atoms with Gasteiger partial charge in [0.05, 0.1) is 0 Å². The molecule has 0 bridgehead atoms. The minimum atomic E-state index is -1.20. The fourth-order valence-electron chi connectivity index (χ4n) is 2.78. The van der Waals surface area contributed by atoms with Gasteiger partial charge in [0.25, 0.3) is 0 Å². The molecule has 0 amide bonds. The third-order valence-corrected chi connectivity index (χ3v) is 4.19. The molecule has 134 valence electrons. The zero-order chi connectivity index (χ0) is 19.0. The molecule has 1 atom stereocenters. The van der Waals surface area contributed by atoms with Crippen LogP contribution in [0.1, 0.15) is 41.4 Å². The Balaban J connectivity index is 2.06. The molecule has 0 saturated carbocycles. The van der Waals surface area contributed by atoms with Gasteiger partial charge in [0.2, 0.25) is 11.6 Å². The highest BCUT2D eigenvalue weighted by Gasteiger charge is 2.39. The van der Waals surface area contributed by atoms with Crippen LogP contribution in [-0.4, -0.2) is 26.9 Å². The van der Waals surface area contributed by atoms with Gasteiger partial charge in [-0.25, -0.2) is 0 Å². The van der Waals surface area contributed by atoms with E-state index in [1.807, 2.05) is 13.8 Å². The van der Waals surface area contributed by atoms with Crippen molar-refractivity contribution in [1.29, 1.82) is 0 Å². The first kappa shape index (κ1) is 17.5. The largest absolute Gasteiger partial charge is 0.508 e. The number of carbonyl (C=O) groups excluding carboxylic acids is 2. The number of Topliss-reactive ketones (excluding diaryl/α,β-unsaturated/α-hetero) is 2. The van der Waals surface area contributed by atoms with E-state index in [4.69, 9.17) is 4.74 Å². The van der Waals surface area contributed by atoms with Crippen LogP contribution < -0.4 is 4.74 Å². The van der Waals surface area contributed by atoms with Crippen LogP contribution in [-0.2, 0) is 11.2 Å². The van der Waals surface area contributed by atoms with Crippen LogP contribution in [0.2, 0.25) is 0 Å². The number of aromatic hydroxyl groups is 3. The molecule has 2 aromatic carbocycles. The fraction of sp³-hybridized carbons (Fsp3) is 0.200. The molecule has 2 aromatic rings. The minimum Gasteiger partial charge on any atom is -0.508 e. The molecule has 26 heavy (non-hydrogen) atoms. The number of hydrogen-bond donors (Lipinski definition) is 3. The molecule has 0 radical (unpaired) electrons. The first-order valence-corrected chi connectivity index (χ1v) is 8.05. The molecule has 1 unspecified atom stereocenters. The van der Waals surface area contributed by atoms with Crippen LogP contribution in [0.3, 0.4) is 0 Å². The molecule has 3 N–H and O–H groups in total. The summed E-state index contributed by atoms with van der Waals surface area (Å²) in [5.41, 5.74) is 1.30. The van der Waals surface area contributed by atoms with Crippen LogP contribution in [0.5, 0.6) is 23.0 Å². The Morgan fingerprint density at radius 1 is 1.12 bits per heavy atom. The summed E-state index contributed by atoms with van der Waals surface area (Å²) in [6.07, 6.45) is 0.810. The number of fused-ring (bicyclic) bond motifs is 1. The van der Waals surface area contributed by atoms with E-state index in [2.05, 4.69) is 0 Å². The molecular formula is C20H18O6. The number of allylic oxidation sites excluding steroid dienone is 2. The van der Waals surface area contributed by atoms with Gasteiger partial charge in [0.1, 0.15) is 28.6 Å². The molecule has 1 heterocycles. The number of ether oxygens (including phenoxy) is 1. The Kier molecular flexibility index (Phi) is 4.42. The van der Waals surface area contributed by atoms with E-state index in [0.29, 0.717) is 5.56 Å². The standard InChI is InChI=1S/C20H18O6/c1-10(2)3-8-13-14(22)9-15-16(17(13)23)18(24)19(25)20(26-15)11-4-6-12(21)7-5-11/h3-7,9,20-23H,8H2,1-2H3. The Labute approximate surface area is 150 Å². The van der Waals surface area contributed by atoms with E-state index >= 15 is 0 Å². The molecule has 0 fully saturated rings. The van der Waals surface area contributed by atoms with Gasteiger partial charge >= 0.3 is 0 Å². The molecule has 6 heteroatoms. The van der Waals surface area contributed by atoms with Crippen molar-refractivity contribution in [3.63, 3.8) is 0 Å². The van der Waals surface area contributed by atoms with Crippen LogP contribution in [0.25, 0.3) is 0 Å². The van der Waals surface area contributed by atoms with Crippen molar-refractivity contribution < 1.29 is 29.6 Å². The summed E-state index contributed by atoms with van der Waals surface area (Å²) in [6.45, 7) is 3.74. The monoisotopic (exact) mass is 354 g/mol. The van der Waals surface area contributed by atoms with E-state index in [1.54, 1.807) is 6.08 Å². The molecule has 6 nitrogen and oxygen atoms in total. The highest BCUT2D eigenvalue weighted by molar-refractivity contribution is 6.47. The van der Waals surface area contributed by atoms with Crippen molar-refractivity contribution in [2.24, 2.45) is 0 Å². The summed E-state index contributed by atoms with van der Waals surface area (Å²) < 4.78 is 5.60. The Morgan fingerprint density at radius 2 is 1.77 bits per heavy atom. The third-order valence-electron chi connectivity index (χ3n) is 4.19. The quantitative estimate of drug-likeness (QED) is 0.578. The number of benzene rings is 2. The minimum absolute atomic E-state index is 0.0166. The summed E-state index contributed by atoms with van der Waals surface area (Å²) in [7, 11) is 0. The van der Waals surface area contributed by atoms with Gasteiger partial charge in [-0.15, -0.1) is 0 Å². The Morgan fingerprint density at radius 3 is 2.38 bits per heavy atom.